The Morgan fingerprint density at radius 2 is 2.00 bits per heavy atom. The topological polar surface area (TPSA) is 74.7 Å². The zero-order valence-electron chi connectivity index (χ0n) is 11.3. The maximum absolute atomic E-state index is 12.2. The smallest absolute Gasteiger partial charge is 0.336 e. The van der Waals surface area contributed by atoms with E-state index in [9.17, 15) is 13.8 Å². The molecule has 1 aromatic carbocycles. The van der Waals surface area contributed by atoms with Crippen molar-refractivity contribution in [1.82, 2.24) is 4.90 Å². The molecule has 0 fully saturated rings. The van der Waals surface area contributed by atoms with Crippen LogP contribution in [-0.4, -0.2) is 45.9 Å². The fraction of sp³-hybridized carbons (Fsp3) is 0.385. The van der Waals surface area contributed by atoms with Crippen LogP contribution in [0.5, 0.6) is 0 Å². The normalized spacial score (nSPS) is 11.9. The van der Waals surface area contributed by atoms with Crippen molar-refractivity contribution in [3.05, 3.63) is 28.2 Å². The van der Waals surface area contributed by atoms with E-state index in [1.54, 1.807) is 26.2 Å². The first-order valence-corrected chi connectivity index (χ1v) is 8.05. The third kappa shape index (κ3) is 4.72. The van der Waals surface area contributed by atoms with E-state index in [0.717, 1.165) is 0 Å². The molecule has 1 aromatic rings. The van der Waals surface area contributed by atoms with Gasteiger partial charge in [0.05, 0.1) is 21.3 Å². The molecule has 1 rings (SSSR count). The third-order valence-corrected chi connectivity index (χ3v) is 4.62. The monoisotopic (exact) mass is 361 g/mol. The summed E-state index contributed by atoms with van der Waals surface area (Å²) in [7, 11) is 1.89. The van der Waals surface area contributed by atoms with Gasteiger partial charge in [-0.3, -0.25) is 9.00 Å². The largest absolute Gasteiger partial charge is 0.478 e. The molecule has 5 nitrogen and oxygen atoms in total. The Morgan fingerprint density at radius 1 is 1.35 bits per heavy atom. The molecule has 0 saturated heterocycles. The van der Waals surface area contributed by atoms with Gasteiger partial charge in [0.2, 0.25) is 5.91 Å². The Balaban J connectivity index is 2.75. The van der Waals surface area contributed by atoms with Gasteiger partial charge in [-0.2, -0.15) is 0 Å². The molecule has 1 atom stereocenters. The van der Waals surface area contributed by atoms with Crippen molar-refractivity contribution in [2.24, 2.45) is 0 Å². The lowest BCUT2D eigenvalue weighted by molar-refractivity contribution is -0.128. The maximum Gasteiger partial charge on any atom is 0.336 e. The van der Waals surface area contributed by atoms with Crippen molar-refractivity contribution < 1.29 is 18.9 Å². The number of halogens is 1. The first-order valence-electron chi connectivity index (χ1n) is 5.94. The number of rotatable bonds is 6. The molecule has 0 aliphatic carbocycles. The van der Waals surface area contributed by atoms with E-state index in [1.165, 1.54) is 11.0 Å². The Bertz CT molecular complexity index is 545. The van der Waals surface area contributed by atoms with Crippen molar-refractivity contribution >= 4 is 38.6 Å². The van der Waals surface area contributed by atoms with Gasteiger partial charge >= 0.3 is 5.97 Å². The van der Waals surface area contributed by atoms with Crippen LogP contribution in [0.15, 0.2) is 27.6 Å². The minimum atomic E-state index is -1.44. The maximum atomic E-state index is 12.2. The first-order chi connectivity index (χ1) is 9.32. The molecule has 1 N–H and O–H groups in total. The van der Waals surface area contributed by atoms with E-state index in [2.05, 4.69) is 15.9 Å². The highest BCUT2D eigenvalue weighted by molar-refractivity contribution is 9.10. The molecular formula is C13H16BrNO4S. The Morgan fingerprint density at radius 3 is 2.55 bits per heavy atom. The minimum Gasteiger partial charge on any atom is -0.478 e. The SMILES string of the molecule is CN(C)C(=O)CCCS(=O)c1cc(Br)ccc1C(=O)O. The summed E-state index contributed by atoms with van der Waals surface area (Å²) in [5.41, 5.74) is 0.0328. The summed E-state index contributed by atoms with van der Waals surface area (Å²) in [5, 5.41) is 9.08. The molecule has 0 aromatic heterocycles. The van der Waals surface area contributed by atoms with E-state index in [0.29, 0.717) is 17.3 Å². The number of hydrogen-bond donors (Lipinski definition) is 1. The summed E-state index contributed by atoms with van der Waals surface area (Å²) in [6, 6.07) is 4.57. The van der Waals surface area contributed by atoms with Crippen molar-refractivity contribution in [2.75, 3.05) is 19.8 Å². The summed E-state index contributed by atoms with van der Waals surface area (Å²) in [6.07, 6.45) is 0.754. The van der Waals surface area contributed by atoms with Crippen LogP contribution in [0, 0.1) is 0 Å². The molecule has 20 heavy (non-hydrogen) atoms. The number of nitrogens with zero attached hydrogens (tertiary/aromatic N) is 1. The quantitative estimate of drug-likeness (QED) is 0.841. The molecule has 0 aliphatic rings. The predicted octanol–water partition coefficient (Wildman–Crippen LogP) is 2.12. The lowest BCUT2D eigenvalue weighted by atomic mass is 10.2. The van der Waals surface area contributed by atoms with E-state index in [1.807, 2.05) is 0 Å². The fourth-order valence-electron chi connectivity index (χ4n) is 1.55. The second-order valence-electron chi connectivity index (χ2n) is 4.39. The summed E-state index contributed by atoms with van der Waals surface area (Å²) in [6.45, 7) is 0. The zero-order chi connectivity index (χ0) is 15.3. The van der Waals surface area contributed by atoms with E-state index >= 15 is 0 Å². The number of carbonyl (C=O) groups is 2. The molecule has 0 radical (unpaired) electrons. The Labute approximate surface area is 128 Å². The van der Waals surface area contributed by atoms with E-state index in [4.69, 9.17) is 5.11 Å². The van der Waals surface area contributed by atoms with Crippen molar-refractivity contribution in [2.45, 2.75) is 17.7 Å². The molecule has 1 amide bonds. The van der Waals surface area contributed by atoms with Crippen LogP contribution in [0.4, 0.5) is 0 Å². The van der Waals surface area contributed by atoms with Gasteiger partial charge in [-0.05, 0) is 24.6 Å². The Hall–Kier alpha value is -1.21. The van der Waals surface area contributed by atoms with E-state index in [-0.39, 0.29) is 22.1 Å². The van der Waals surface area contributed by atoms with Crippen molar-refractivity contribution in [3.8, 4) is 0 Å². The number of carboxylic acid groups (broad SMARTS) is 1. The molecule has 0 spiro atoms. The number of hydrogen-bond acceptors (Lipinski definition) is 3. The highest BCUT2D eigenvalue weighted by Crippen LogP contribution is 2.21. The average Bonchev–Trinajstić information content (AvgIpc) is 2.37. The molecule has 1 unspecified atom stereocenters. The predicted molar refractivity (Wildman–Crippen MR) is 80.3 cm³/mol. The first kappa shape index (κ1) is 16.8. The number of carboxylic acids is 1. The van der Waals surface area contributed by atoms with E-state index < -0.39 is 16.8 Å². The van der Waals surface area contributed by atoms with Crippen molar-refractivity contribution in [3.63, 3.8) is 0 Å². The van der Waals surface area contributed by atoms with Gasteiger partial charge in [0.15, 0.2) is 0 Å². The fourth-order valence-corrected chi connectivity index (χ4v) is 3.35. The van der Waals surface area contributed by atoms with Crippen LogP contribution in [0.2, 0.25) is 0 Å². The lowest BCUT2D eigenvalue weighted by Crippen LogP contribution is -2.21. The van der Waals surface area contributed by atoms with Crippen LogP contribution in [-0.2, 0) is 15.6 Å². The molecular weight excluding hydrogens is 346 g/mol. The second-order valence-corrected chi connectivity index (χ2v) is 6.84. The summed E-state index contributed by atoms with van der Waals surface area (Å²) < 4.78 is 12.9. The molecule has 7 heteroatoms. The van der Waals surface area contributed by atoms with Crippen LogP contribution in [0.3, 0.4) is 0 Å². The number of amides is 1. The van der Waals surface area contributed by atoms with Gasteiger partial charge in [0, 0.05) is 30.7 Å². The van der Waals surface area contributed by atoms with Crippen LogP contribution >= 0.6 is 15.9 Å². The molecule has 0 bridgehead atoms. The van der Waals surface area contributed by atoms with Crippen LogP contribution in [0.1, 0.15) is 23.2 Å². The summed E-state index contributed by atoms with van der Waals surface area (Å²) in [4.78, 5) is 24.3. The third-order valence-electron chi connectivity index (χ3n) is 2.64. The molecule has 0 aliphatic heterocycles. The lowest BCUT2D eigenvalue weighted by Gasteiger charge is -2.10. The zero-order valence-corrected chi connectivity index (χ0v) is 13.7. The summed E-state index contributed by atoms with van der Waals surface area (Å²) >= 11 is 3.24. The molecule has 110 valence electrons. The highest BCUT2D eigenvalue weighted by atomic mass is 79.9. The average molecular weight is 362 g/mol. The number of carbonyl (C=O) groups excluding carboxylic acids is 1. The molecule has 0 heterocycles. The van der Waals surface area contributed by atoms with Crippen molar-refractivity contribution in [1.29, 1.82) is 0 Å². The standard InChI is InChI=1S/C13H16BrNO4S/c1-15(2)12(16)4-3-7-20(19)11-8-9(14)5-6-10(11)13(17)18/h5-6,8H,3-4,7H2,1-2H3,(H,17,18). The van der Waals surface area contributed by atoms with Crippen LogP contribution < -0.4 is 0 Å². The van der Waals surface area contributed by atoms with Gasteiger partial charge in [0.25, 0.3) is 0 Å². The number of aromatic carboxylic acids is 1. The van der Waals surface area contributed by atoms with Gasteiger partial charge in [-0.1, -0.05) is 15.9 Å². The van der Waals surface area contributed by atoms with Gasteiger partial charge < -0.3 is 10.0 Å². The number of benzene rings is 1. The second kappa shape index (κ2) is 7.54. The van der Waals surface area contributed by atoms with Gasteiger partial charge in [-0.25, -0.2) is 4.79 Å². The minimum absolute atomic E-state index is 0.0327. The van der Waals surface area contributed by atoms with Gasteiger partial charge in [0.1, 0.15) is 0 Å². The van der Waals surface area contributed by atoms with Gasteiger partial charge in [-0.15, -0.1) is 0 Å². The summed E-state index contributed by atoms with van der Waals surface area (Å²) in [5.74, 6) is -0.879. The highest BCUT2D eigenvalue weighted by Gasteiger charge is 2.16. The molecule has 0 saturated carbocycles. The van der Waals surface area contributed by atoms with Crippen LogP contribution in [0.25, 0.3) is 0 Å². The Kier molecular flexibility index (Phi) is 6.35.